The van der Waals surface area contributed by atoms with Gasteiger partial charge in [0.05, 0.1) is 11.5 Å². The number of amides is 2. The van der Waals surface area contributed by atoms with Crippen LogP contribution in [-0.2, 0) is 14.3 Å². The van der Waals surface area contributed by atoms with Gasteiger partial charge in [-0.3, -0.25) is 4.79 Å². The molecule has 4 rings (SSSR count). The molecule has 2 aromatic carbocycles. The Morgan fingerprint density at radius 3 is 2.29 bits per heavy atom. The highest BCUT2D eigenvalue weighted by Crippen LogP contribution is 2.44. The molecular formula is C28H34N2O5. The molecular weight excluding hydrogens is 444 g/mol. The molecule has 2 amide bonds. The van der Waals surface area contributed by atoms with E-state index in [1.54, 1.807) is 0 Å². The molecule has 0 aromatic heterocycles. The third-order valence-electron chi connectivity index (χ3n) is 7.45. The first-order chi connectivity index (χ1) is 16.8. The summed E-state index contributed by atoms with van der Waals surface area (Å²) in [5, 5.41) is 15.1. The number of benzene rings is 2. The van der Waals surface area contributed by atoms with E-state index in [1.807, 2.05) is 38.1 Å². The number of ether oxygens (including phenoxy) is 1. The molecule has 0 radical (unpaired) electrons. The van der Waals surface area contributed by atoms with Gasteiger partial charge >= 0.3 is 12.1 Å². The van der Waals surface area contributed by atoms with Crippen LogP contribution >= 0.6 is 0 Å². The molecule has 0 bridgehead atoms. The number of hydrogen-bond acceptors (Lipinski definition) is 4. The summed E-state index contributed by atoms with van der Waals surface area (Å²) in [7, 11) is 0. The van der Waals surface area contributed by atoms with Gasteiger partial charge in [-0.2, -0.15) is 0 Å². The van der Waals surface area contributed by atoms with Crippen molar-refractivity contribution in [1.82, 2.24) is 10.6 Å². The van der Waals surface area contributed by atoms with Crippen LogP contribution in [0.4, 0.5) is 4.79 Å². The summed E-state index contributed by atoms with van der Waals surface area (Å²) >= 11 is 0. The molecule has 7 heteroatoms. The second-order valence-electron chi connectivity index (χ2n) is 9.85. The molecule has 0 aliphatic heterocycles. The predicted molar refractivity (Wildman–Crippen MR) is 133 cm³/mol. The second-order valence-corrected chi connectivity index (χ2v) is 9.85. The average molecular weight is 479 g/mol. The lowest BCUT2D eigenvalue weighted by atomic mass is 9.73. The van der Waals surface area contributed by atoms with Crippen LogP contribution in [-0.4, -0.2) is 41.3 Å². The lowest BCUT2D eigenvalue weighted by Gasteiger charge is -2.41. The third kappa shape index (κ3) is 5.19. The van der Waals surface area contributed by atoms with Gasteiger partial charge in [-0.05, 0) is 48.4 Å². The van der Waals surface area contributed by atoms with Gasteiger partial charge < -0.3 is 20.5 Å². The van der Waals surface area contributed by atoms with E-state index in [0.717, 1.165) is 35.1 Å². The van der Waals surface area contributed by atoms with Crippen molar-refractivity contribution in [1.29, 1.82) is 0 Å². The van der Waals surface area contributed by atoms with Crippen LogP contribution in [0.15, 0.2) is 48.5 Å². The highest BCUT2D eigenvalue weighted by molar-refractivity contribution is 5.86. The Morgan fingerprint density at radius 1 is 1.06 bits per heavy atom. The fourth-order valence-electron chi connectivity index (χ4n) is 5.59. The Labute approximate surface area is 206 Å². The molecule has 2 aliphatic carbocycles. The van der Waals surface area contributed by atoms with Gasteiger partial charge in [0.15, 0.2) is 0 Å². The highest BCUT2D eigenvalue weighted by atomic mass is 16.5. The fourth-order valence-corrected chi connectivity index (χ4v) is 5.59. The van der Waals surface area contributed by atoms with E-state index in [0.29, 0.717) is 25.7 Å². The molecule has 3 N–H and O–H groups in total. The Bertz CT molecular complexity index is 1050. The van der Waals surface area contributed by atoms with E-state index < -0.39 is 29.6 Å². The van der Waals surface area contributed by atoms with Gasteiger partial charge in [-0.15, -0.1) is 0 Å². The Balaban J connectivity index is 1.43. The zero-order chi connectivity index (χ0) is 25.0. The van der Waals surface area contributed by atoms with Gasteiger partial charge in [0.2, 0.25) is 5.91 Å². The van der Waals surface area contributed by atoms with Crippen LogP contribution in [0, 0.1) is 5.92 Å². The Morgan fingerprint density at radius 2 is 1.69 bits per heavy atom. The number of aliphatic carboxylic acids is 1. The van der Waals surface area contributed by atoms with E-state index in [2.05, 4.69) is 34.9 Å². The Kier molecular flexibility index (Phi) is 7.43. The Hall–Kier alpha value is -3.35. The largest absolute Gasteiger partial charge is 0.480 e. The highest BCUT2D eigenvalue weighted by Gasteiger charge is 2.43. The summed E-state index contributed by atoms with van der Waals surface area (Å²) in [6.07, 6.45) is 3.40. The number of rotatable bonds is 8. The van der Waals surface area contributed by atoms with Crippen LogP contribution in [0.5, 0.6) is 0 Å². The standard InChI is InChI=1S/C28H34N2O5/c1-3-10-24(26(32)33)29-25(31)23-15-8-9-16-28(23,2)30-27(34)35-17-22-20-13-6-4-11-18(20)19-12-5-7-14-21(19)22/h4-7,11-14,22-24H,3,8-10,15-17H2,1-2H3,(H,29,31)(H,30,34)(H,32,33)/t23?,24-,28?/m0/s1. The van der Waals surface area contributed by atoms with E-state index in [1.165, 1.54) is 0 Å². The predicted octanol–water partition coefficient (Wildman–Crippen LogP) is 4.84. The molecule has 0 heterocycles. The molecule has 7 nitrogen and oxygen atoms in total. The quantitative estimate of drug-likeness (QED) is 0.503. The van der Waals surface area contributed by atoms with Crippen LogP contribution in [0.1, 0.15) is 69.4 Å². The molecule has 186 valence electrons. The van der Waals surface area contributed by atoms with Gasteiger partial charge in [-0.1, -0.05) is 74.7 Å². The number of hydrogen-bond donors (Lipinski definition) is 3. The lowest BCUT2D eigenvalue weighted by Crippen LogP contribution is -2.59. The molecule has 1 saturated carbocycles. The van der Waals surface area contributed by atoms with E-state index >= 15 is 0 Å². The normalized spacial score (nSPS) is 21.9. The molecule has 2 aliphatic rings. The molecule has 0 saturated heterocycles. The number of carboxylic acids is 1. The van der Waals surface area contributed by atoms with Gasteiger partial charge in [0.25, 0.3) is 0 Å². The number of alkyl carbamates (subject to hydrolysis) is 1. The van der Waals surface area contributed by atoms with Gasteiger partial charge in [0, 0.05) is 5.92 Å². The fraction of sp³-hybridized carbons (Fsp3) is 0.464. The molecule has 0 spiro atoms. The summed E-state index contributed by atoms with van der Waals surface area (Å²) in [6.45, 7) is 3.93. The minimum atomic E-state index is -1.04. The number of fused-ring (bicyclic) bond motifs is 3. The van der Waals surface area contributed by atoms with E-state index in [-0.39, 0.29) is 18.4 Å². The molecule has 3 atom stereocenters. The van der Waals surface area contributed by atoms with Gasteiger partial charge in [-0.25, -0.2) is 9.59 Å². The third-order valence-corrected chi connectivity index (χ3v) is 7.45. The van der Waals surface area contributed by atoms with Crippen LogP contribution in [0.3, 0.4) is 0 Å². The summed E-state index contributed by atoms with van der Waals surface area (Å²) in [5.41, 5.74) is 3.79. The number of carbonyl (C=O) groups is 3. The maximum absolute atomic E-state index is 13.1. The van der Waals surface area contributed by atoms with Crippen LogP contribution in [0.25, 0.3) is 11.1 Å². The summed E-state index contributed by atoms with van der Waals surface area (Å²) in [4.78, 5) is 37.5. The number of nitrogens with one attached hydrogen (secondary N) is 2. The first-order valence-electron chi connectivity index (χ1n) is 12.5. The number of carbonyl (C=O) groups excluding carboxylic acids is 2. The zero-order valence-electron chi connectivity index (χ0n) is 20.4. The monoisotopic (exact) mass is 478 g/mol. The minimum absolute atomic E-state index is 0.0447. The van der Waals surface area contributed by atoms with Crippen molar-refractivity contribution in [3.05, 3.63) is 59.7 Å². The van der Waals surface area contributed by atoms with Crippen molar-refractivity contribution in [2.75, 3.05) is 6.61 Å². The molecule has 35 heavy (non-hydrogen) atoms. The summed E-state index contributed by atoms with van der Waals surface area (Å²) < 4.78 is 5.72. The van der Waals surface area contributed by atoms with Crippen molar-refractivity contribution in [2.24, 2.45) is 5.92 Å². The van der Waals surface area contributed by atoms with Crippen LogP contribution < -0.4 is 10.6 Å². The van der Waals surface area contributed by atoms with Gasteiger partial charge in [0.1, 0.15) is 12.6 Å². The minimum Gasteiger partial charge on any atom is -0.480 e. The zero-order valence-corrected chi connectivity index (χ0v) is 20.4. The molecule has 2 unspecified atom stereocenters. The van der Waals surface area contributed by atoms with Crippen molar-refractivity contribution in [2.45, 2.75) is 69.9 Å². The summed E-state index contributed by atoms with van der Waals surface area (Å²) in [6, 6.07) is 15.4. The topological polar surface area (TPSA) is 105 Å². The van der Waals surface area contributed by atoms with Crippen LogP contribution in [0.2, 0.25) is 0 Å². The lowest BCUT2D eigenvalue weighted by molar-refractivity contribution is -0.143. The second kappa shape index (κ2) is 10.5. The van der Waals surface area contributed by atoms with Crippen molar-refractivity contribution < 1.29 is 24.2 Å². The molecule has 1 fully saturated rings. The summed E-state index contributed by atoms with van der Waals surface area (Å²) in [5.74, 6) is -1.93. The maximum atomic E-state index is 13.1. The van der Waals surface area contributed by atoms with E-state index in [4.69, 9.17) is 4.74 Å². The van der Waals surface area contributed by atoms with Crippen molar-refractivity contribution in [3.63, 3.8) is 0 Å². The van der Waals surface area contributed by atoms with Crippen molar-refractivity contribution in [3.8, 4) is 11.1 Å². The first kappa shape index (κ1) is 24.8. The average Bonchev–Trinajstić information content (AvgIpc) is 3.16. The SMILES string of the molecule is CCC[C@H](NC(=O)C1CCCCC1(C)NC(=O)OCC1c2ccccc2-c2ccccc21)C(=O)O. The number of carboxylic acid groups (broad SMARTS) is 1. The first-order valence-corrected chi connectivity index (χ1v) is 12.5. The van der Waals surface area contributed by atoms with Crippen molar-refractivity contribution >= 4 is 18.0 Å². The van der Waals surface area contributed by atoms with E-state index in [9.17, 15) is 19.5 Å². The molecule has 2 aromatic rings. The maximum Gasteiger partial charge on any atom is 0.407 e. The smallest absolute Gasteiger partial charge is 0.407 e.